The molecule has 1 heterocycles. The highest BCUT2D eigenvalue weighted by Crippen LogP contribution is 2.07. The summed E-state index contributed by atoms with van der Waals surface area (Å²) in [5, 5.41) is 0. The van der Waals surface area contributed by atoms with Crippen LogP contribution >= 0.6 is 0 Å². The summed E-state index contributed by atoms with van der Waals surface area (Å²) in [5.41, 5.74) is 3.01. The number of ketones is 1. The van der Waals surface area contributed by atoms with E-state index in [4.69, 9.17) is 4.42 Å². The lowest BCUT2D eigenvalue weighted by atomic mass is 10.1. The maximum absolute atomic E-state index is 12.0. The lowest BCUT2D eigenvalue weighted by Gasteiger charge is -2.14. The quantitative estimate of drug-likeness (QED) is 0.757. The third-order valence-electron chi connectivity index (χ3n) is 2.82. The van der Waals surface area contributed by atoms with Crippen molar-refractivity contribution >= 4 is 5.78 Å². The molecular weight excluding hydrogens is 226 g/mol. The Hall–Kier alpha value is -1.87. The maximum atomic E-state index is 12.0. The summed E-state index contributed by atoms with van der Waals surface area (Å²) in [7, 11) is 1.93. The fourth-order valence-electron chi connectivity index (χ4n) is 1.83. The summed E-state index contributed by atoms with van der Waals surface area (Å²) < 4.78 is 5.01. The number of benzene rings is 1. The number of carbonyl (C=O) groups excluding carboxylic acids is 1. The zero-order valence-corrected chi connectivity index (χ0v) is 10.7. The molecule has 0 spiro atoms. The lowest BCUT2D eigenvalue weighted by molar-refractivity contribution is 0.0943. The maximum Gasteiger partial charge on any atom is 0.176 e. The first-order valence-corrected chi connectivity index (χ1v) is 5.94. The Morgan fingerprint density at radius 2 is 1.94 bits per heavy atom. The van der Waals surface area contributed by atoms with Gasteiger partial charge in [-0.25, -0.2) is 0 Å². The molecule has 2 aromatic rings. The molecule has 0 aliphatic heterocycles. The van der Waals surface area contributed by atoms with Gasteiger partial charge in [0.25, 0.3) is 0 Å². The van der Waals surface area contributed by atoms with Crippen LogP contribution in [0.4, 0.5) is 0 Å². The molecule has 94 valence electrons. The molecule has 0 saturated carbocycles. The Kier molecular flexibility index (Phi) is 3.95. The Morgan fingerprint density at radius 1 is 1.22 bits per heavy atom. The molecule has 0 atom stereocenters. The summed E-state index contributed by atoms with van der Waals surface area (Å²) in [6.07, 6.45) is 3.35. The van der Waals surface area contributed by atoms with Gasteiger partial charge in [0, 0.05) is 17.7 Å². The minimum Gasteiger partial charge on any atom is -0.472 e. The van der Waals surface area contributed by atoms with Gasteiger partial charge in [0.05, 0.1) is 19.1 Å². The molecule has 18 heavy (non-hydrogen) atoms. The normalized spacial score (nSPS) is 10.8. The van der Waals surface area contributed by atoms with Crippen molar-refractivity contribution < 1.29 is 9.21 Å². The zero-order valence-electron chi connectivity index (χ0n) is 10.7. The van der Waals surface area contributed by atoms with E-state index in [9.17, 15) is 4.79 Å². The minimum absolute atomic E-state index is 0.140. The van der Waals surface area contributed by atoms with Crippen molar-refractivity contribution in [1.82, 2.24) is 4.90 Å². The topological polar surface area (TPSA) is 33.5 Å². The number of rotatable bonds is 5. The average molecular weight is 243 g/mol. The first-order valence-electron chi connectivity index (χ1n) is 5.94. The molecule has 1 aromatic carbocycles. The standard InChI is InChI=1S/C15H17NO2/c1-12-3-5-14(6-4-12)15(17)10-16(2)9-13-7-8-18-11-13/h3-8,11H,9-10H2,1-2H3. The highest BCUT2D eigenvalue weighted by atomic mass is 16.3. The van der Waals surface area contributed by atoms with Gasteiger partial charge in [-0.3, -0.25) is 9.69 Å². The molecule has 0 aliphatic carbocycles. The number of Topliss-reactive ketones (excluding diaryl/α,β-unsaturated/α-hetero) is 1. The van der Waals surface area contributed by atoms with Gasteiger partial charge in [-0.15, -0.1) is 0 Å². The molecule has 0 amide bonds. The van der Waals surface area contributed by atoms with Gasteiger partial charge in [-0.1, -0.05) is 29.8 Å². The molecule has 0 N–H and O–H groups in total. The Balaban J connectivity index is 1.92. The number of aryl methyl sites for hydroxylation is 1. The van der Waals surface area contributed by atoms with Crippen molar-refractivity contribution in [3.8, 4) is 0 Å². The molecule has 3 nitrogen and oxygen atoms in total. The van der Waals surface area contributed by atoms with E-state index >= 15 is 0 Å². The Bertz CT molecular complexity index is 500. The molecule has 3 heteroatoms. The molecule has 0 bridgehead atoms. The second-order valence-corrected chi connectivity index (χ2v) is 4.59. The van der Waals surface area contributed by atoms with Gasteiger partial charge in [-0.2, -0.15) is 0 Å². The summed E-state index contributed by atoms with van der Waals surface area (Å²) in [4.78, 5) is 14.0. The van der Waals surface area contributed by atoms with Crippen LogP contribution in [0, 0.1) is 6.92 Å². The summed E-state index contributed by atoms with van der Waals surface area (Å²) >= 11 is 0. The first-order chi connectivity index (χ1) is 8.65. The van der Waals surface area contributed by atoms with Gasteiger partial charge in [0.1, 0.15) is 0 Å². The van der Waals surface area contributed by atoms with Gasteiger partial charge in [0.2, 0.25) is 0 Å². The number of hydrogen-bond donors (Lipinski definition) is 0. The number of furan rings is 1. The fourth-order valence-corrected chi connectivity index (χ4v) is 1.83. The van der Waals surface area contributed by atoms with Crippen molar-refractivity contribution in [2.45, 2.75) is 13.5 Å². The average Bonchev–Trinajstić information content (AvgIpc) is 2.82. The lowest BCUT2D eigenvalue weighted by Crippen LogP contribution is -2.25. The van der Waals surface area contributed by atoms with E-state index in [2.05, 4.69) is 0 Å². The van der Waals surface area contributed by atoms with E-state index < -0.39 is 0 Å². The first kappa shape index (κ1) is 12.6. The molecular formula is C15H17NO2. The zero-order chi connectivity index (χ0) is 13.0. The van der Waals surface area contributed by atoms with Crippen LogP contribution in [0.3, 0.4) is 0 Å². The number of likely N-dealkylation sites (N-methyl/N-ethyl adjacent to an activating group) is 1. The van der Waals surface area contributed by atoms with Crippen molar-refractivity contribution in [2.75, 3.05) is 13.6 Å². The van der Waals surface area contributed by atoms with E-state index in [0.29, 0.717) is 13.1 Å². The number of hydrogen-bond acceptors (Lipinski definition) is 3. The fraction of sp³-hybridized carbons (Fsp3) is 0.267. The van der Waals surface area contributed by atoms with Gasteiger partial charge >= 0.3 is 0 Å². The molecule has 2 rings (SSSR count). The monoisotopic (exact) mass is 243 g/mol. The molecule has 0 unspecified atom stereocenters. The van der Waals surface area contributed by atoms with Crippen LogP contribution in [0.2, 0.25) is 0 Å². The van der Waals surface area contributed by atoms with Gasteiger partial charge in [-0.05, 0) is 20.0 Å². The van der Waals surface area contributed by atoms with Crippen LogP contribution in [-0.2, 0) is 6.54 Å². The highest BCUT2D eigenvalue weighted by molar-refractivity contribution is 5.97. The van der Waals surface area contributed by atoms with E-state index in [1.165, 1.54) is 5.56 Å². The van der Waals surface area contributed by atoms with Crippen LogP contribution < -0.4 is 0 Å². The summed E-state index contributed by atoms with van der Waals surface area (Å²) in [6.45, 7) is 3.14. The van der Waals surface area contributed by atoms with Crippen LogP contribution in [0.25, 0.3) is 0 Å². The third-order valence-corrected chi connectivity index (χ3v) is 2.82. The van der Waals surface area contributed by atoms with E-state index in [-0.39, 0.29) is 5.78 Å². The van der Waals surface area contributed by atoms with Crippen molar-refractivity contribution in [2.24, 2.45) is 0 Å². The third kappa shape index (κ3) is 3.31. The Morgan fingerprint density at radius 3 is 2.56 bits per heavy atom. The molecule has 1 aromatic heterocycles. The molecule has 0 fully saturated rings. The van der Waals surface area contributed by atoms with Crippen molar-refractivity contribution in [3.05, 3.63) is 59.5 Å². The SMILES string of the molecule is Cc1ccc(C(=O)CN(C)Cc2ccoc2)cc1. The van der Waals surface area contributed by atoms with E-state index in [0.717, 1.165) is 11.1 Å². The molecule has 0 radical (unpaired) electrons. The number of carbonyl (C=O) groups is 1. The van der Waals surface area contributed by atoms with Crippen LogP contribution in [0.1, 0.15) is 21.5 Å². The largest absolute Gasteiger partial charge is 0.472 e. The summed E-state index contributed by atoms with van der Waals surface area (Å²) in [5.74, 6) is 0.140. The van der Waals surface area contributed by atoms with Crippen LogP contribution in [-0.4, -0.2) is 24.3 Å². The number of nitrogens with zero attached hydrogens (tertiary/aromatic N) is 1. The van der Waals surface area contributed by atoms with E-state index in [1.807, 2.05) is 49.2 Å². The predicted octanol–water partition coefficient (Wildman–Crippen LogP) is 2.90. The van der Waals surface area contributed by atoms with Gasteiger partial charge in [0.15, 0.2) is 5.78 Å². The van der Waals surface area contributed by atoms with Crippen molar-refractivity contribution in [3.63, 3.8) is 0 Å². The summed E-state index contributed by atoms with van der Waals surface area (Å²) in [6, 6.07) is 9.59. The van der Waals surface area contributed by atoms with Crippen LogP contribution in [0.5, 0.6) is 0 Å². The Labute approximate surface area is 107 Å². The predicted molar refractivity (Wildman–Crippen MR) is 70.6 cm³/mol. The van der Waals surface area contributed by atoms with Crippen LogP contribution in [0.15, 0.2) is 47.3 Å². The molecule has 0 aliphatic rings. The highest BCUT2D eigenvalue weighted by Gasteiger charge is 2.09. The van der Waals surface area contributed by atoms with Gasteiger partial charge < -0.3 is 4.42 Å². The smallest absolute Gasteiger partial charge is 0.176 e. The molecule has 0 saturated heterocycles. The van der Waals surface area contributed by atoms with Crippen molar-refractivity contribution in [1.29, 1.82) is 0 Å². The second-order valence-electron chi connectivity index (χ2n) is 4.59. The minimum atomic E-state index is 0.140. The second kappa shape index (κ2) is 5.65. The van der Waals surface area contributed by atoms with E-state index in [1.54, 1.807) is 12.5 Å².